The molecule has 0 radical (unpaired) electrons. The van der Waals surface area contributed by atoms with Crippen molar-refractivity contribution in [1.82, 2.24) is 15.6 Å². The minimum atomic E-state index is -1.04. The molecule has 0 unspecified atom stereocenters. The summed E-state index contributed by atoms with van der Waals surface area (Å²) in [6.45, 7) is 0.871. The number of rotatable bonds is 6. The zero-order valence-electron chi connectivity index (χ0n) is 9.65. The Morgan fingerprint density at radius 1 is 1.22 bits per heavy atom. The Morgan fingerprint density at radius 2 is 1.89 bits per heavy atom. The molecule has 0 saturated heterocycles. The van der Waals surface area contributed by atoms with E-state index in [-0.39, 0.29) is 5.91 Å². The smallest absolute Gasteiger partial charge is 0.404 e. The standard InChI is InChI=1S/C11H14ClN3O3/c12-9-4-3-8(7-15-9)10(16)13-5-1-2-6-14-11(17)18/h3-4,7,14H,1-2,5-6H2,(H,13,16)(H,17,18). The first-order valence-corrected chi connectivity index (χ1v) is 5.84. The van der Waals surface area contributed by atoms with Crippen molar-refractivity contribution in [3.05, 3.63) is 29.0 Å². The first-order chi connectivity index (χ1) is 8.59. The molecule has 0 saturated carbocycles. The van der Waals surface area contributed by atoms with Crippen molar-refractivity contribution in [2.45, 2.75) is 12.8 Å². The number of nitrogens with one attached hydrogen (secondary N) is 2. The number of halogens is 1. The van der Waals surface area contributed by atoms with Crippen LogP contribution in [-0.4, -0.2) is 35.2 Å². The lowest BCUT2D eigenvalue weighted by Crippen LogP contribution is -2.26. The third-order valence-electron chi connectivity index (χ3n) is 2.15. The molecule has 0 spiro atoms. The molecule has 0 fully saturated rings. The first-order valence-electron chi connectivity index (χ1n) is 5.46. The van der Waals surface area contributed by atoms with Crippen molar-refractivity contribution in [3.63, 3.8) is 0 Å². The average Bonchev–Trinajstić information content (AvgIpc) is 2.34. The number of carboxylic acid groups (broad SMARTS) is 1. The predicted molar refractivity (Wildman–Crippen MR) is 66.8 cm³/mol. The Kier molecular flexibility index (Phi) is 5.93. The highest BCUT2D eigenvalue weighted by Crippen LogP contribution is 2.04. The number of hydrogen-bond donors (Lipinski definition) is 3. The van der Waals surface area contributed by atoms with Crippen LogP contribution < -0.4 is 10.6 Å². The third kappa shape index (κ3) is 5.49. The van der Waals surface area contributed by atoms with E-state index in [9.17, 15) is 9.59 Å². The van der Waals surface area contributed by atoms with Gasteiger partial charge in [0.2, 0.25) is 0 Å². The quantitative estimate of drug-likeness (QED) is 0.540. The van der Waals surface area contributed by atoms with Crippen LogP contribution in [-0.2, 0) is 0 Å². The van der Waals surface area contributed by atoms with Crippen LogP contribution in [0.5, 0.6) is 0 Å². The van der Waals surface area contributed by atoms with Gasteiger partial charge in [0, 0.05) is 19.3 Å². The number of aromatic nitrogens is 1. The zero-order chi connectivity index (χ0) is 13.4. The van der Waals surface area contributed by atoms with E-state index in [0.29, 0.717) is 36.6 Å². The number of carbonyl (C=O) groups is 2. The van der Waals surface area contributed by atoms with E-state index in [1.165, 1.54) is 6.20 Å². The Balaban J connectivity index is 2.17. The molecular weight excluding hydrogens is 258 g/mol. The Morgan fingerprint density at radius 3 is 2.44 bits per heavy atom. The van der Waals surface area contributed by atoms with Gasteiger partial charge < -0.3 is 15.7 Å². The number of carbonyl (C=O) groups excluding carboxylic acids is 1. The fraction of sp³-hybridized carbons (Fsp3) is 0.364. The van der Waals surface area contributed by atoms with Gasteiger partial charge in [0.1, 0.15) is 5.15 Å². The summed E-state index contributed by atoms with van der Waals surface area (Å²) in [5, 5.41) is 13.6. The molecule has 1 heterocycles. The topological polar surface area (TPSA) is 91.3 Å². The van der Waals surface area contributed by atoms with Gasteiger partial charge in [-0.05, 0) is 25.0 Å². The van der Waals surface area contributed by atoms with Gasteiger partial charge in [-0.1, -0.05) is 11.6 Å². The molecule has 7 heteroatoms. The second-order valence-electron chi connectivity index (χ2n) is 3.56. The lowest BCUT2D eigenvalue weighted by atomic mass is 10.2. The molecule has 6 nitrogen and oxygen atoms in total. The molecule has 0 atom stereocenters. The highest BCUT2D eigenvalue weighted by atomic mass is 35.5. The van der Waals surface area contributed by atoms with Crippen LogP contribution in [0.4, 0.5) is 4.79 Å². The van der Waals surface area contributed by atoms with E-state index in [0.717, 1.165) is 0 Å². The highest BCUT2D eigenvalue weighted by Gasteiger charge is 2.04. The molecule has 1 aromatic rings. The predicted octanol–water partition coefficient (Wildman–Crippen LogP) is 1.51. The Hall–Kier alpha value is -1.82. The largest absolute Gasteiger partial charge is 0.465 e. The van der Waals surface area contributed by atoms with Crippen molar-refractivity contribution in [1.29, 1.82) is 0 Å². The molecule has 18 heavy (non-hydrogen) atoms. The number of amides is 2. The van der Waals surface area contributed by atoms with Crippen LogP contribution in [0.2, 0.25) is 5.15 Å². The fourth-order valence-corrected chi connectivity index (χ4v) is 1.37. The maximum absolute atomic E-state index is 11.6. The average molecular weight is 272 g/mol. The second kappa shape index (κ2) is 7.50. The normalized spacial score (nSPS) is 9.83. The van der Waals surface area contributed by atoms with E-state index in [4.69, 9.17) is 16.7 Å². The summed E-state index contributed by atoms with van der Waals surface area (Å²) < 4.78 is 0. The molecule has 0 aliphatic rings. The first kappa shape index (κ1) is 14.2. The van der Waals surface area contributed by atoms with Gasteiger partial charge in [-0.15, -0.1) is 0 Å². The van der Waals surface area contributed by atoms with E-state index in [1.54, 1.807) is 12.1 Å². The third-order valence-corrected chi connectivity index (χ3v) is 2.38. The molecule has 2 amide bonds. The van der Waals surface area contributed by atoms with Crippen molar-refractivity contribution < 1.29 is 14.7 Å². The van der Waals surface area contributed by atoms with E-state index >= 15 is 0 Å². The maximum Gasteiger partial charge on any atom is 0.404 e. The van der Waals surface area contributed by atoms with E-state index in [1.807, 2.05) is 0 Å². The second-order valence-corrected chi connectivity index (χ2v) is 3.95. The number of nitrogens with zero attached hydrogens (tertiary/aromatic N) is 1. The van der Waals surface area contributed by atoms with Crippen LogP contribution >= 0.6 is 11.6 Å². The van der Waals surface area contributed by atoms with Gasteiger partial charge in [-0.25, -0.2) is 9.78 Å². The fourth-order valence-electron chi connectivity index (χ4n) is 1.26. The summed E-state index contributed by atoms with van der Waals surface area (Å²) in [6, 6.07) is 3.14. The monoisotopic (exact) mass is 271 g/mol. The van der Waals surface area contributed by atoms with Gasteiger partial charge >= 0.3 is 6.09 Å². The van der Waals surface area contributed by atoms with Gasteiger partial charge in [-0.2, -0.15) is 0 Å². The molecule has 1 rings (SSSR count). The van der Waals surface area contributed by atoms with Gasteiger partial charge in [-0.3, -0.25) is 4.79 Å². The van der Waals surface area contributed by atoms with Crippen molar-refractivity contribution in [3.8, 4) is 0 Å². The number of pyridine rings is 1. The van der Waals surface area contributed by atoms with Gasteiger partial charge in [0.05, 0.1) is 5.56 Å². The summed E-state index contributed by atoms with van der Waals surface area (Å²) in [4.78, 5) is 25.6. The number of hydrogen-bond acceptors (Lipinski definition) is 3. The molecule has 0 aliphatic heterocycles. The van der Waals surface area contributed by atoms with E-state index in [2.05, 4.69) is 15.6 Å². The molecule has 1 aromatic heterocycles. The van der Waals surface area contributed by atoms with Crippen LogP contribution in [0.25, 0.3) is 0 Å². The van der Waals surface area contributed by atoms with Crippen molar-refractivity contribution in [2.24, 2.45) is 0 Å². The molecule has 0 aromatic carbocycles. The van der Waals surface area contributed by atoms with E-state index < -0.39 is 6.09 Å². The SMILES string of the molecule is O=C(O)NCCCCNC(=O)c1ccc(Cl)nc1. The molecule has 3 N–H and O–H groups in total. The lowest BCUT2D eigenvalue weighted by molar-refractivity contribution is 0.0952. The van der Waals surface area contributed by atoms with Crippen molar-refractivity contribution in [2.75, 3.05) is 13.1 Å². The summed E-state index contributed by atoms with van der Waals surface area (Å²) in [7, 11) is 0. The van der Waals surface area contributed by atoms with Crippen molar-refractivity contribution >= 4 is 23.6 Å². The molecule has 0 bridgehead atoms. The van der Waals surface area contributed by atoms with Gasteiger partial charge in [0.25, 0.3) is 5.91 Å². The lowest BCUT2D eigenvalue weighted by Gasteiger charge is -2.05. The molecular formula is C11H14ClN3O3. The maximum atomic E-state index is 11.6. The summed E-state index contributed by atoms with van der Waals surface area (Å²) in [6.07, 6.45) is 1.74. The van der Waals surface area contributed by atoms with Crippen LogP contribution in [0.1, 0.15) is 23.2 Å². The van der Waals surface area contributed by atoms with Crippen LogP contribution in [0, 0.1) is 0 Å². The molecule has 98 valence electrons. The summed E-state index contributed by atoms with van der Waals surface area (Å²) in [5.74, 6) is -0.217. The highest BCUT2D eigenvalue weighted by molar-refractivity contribution is 6.29. The minimum Gasteiger partial charge on any atom is -0.465 e. The van der Waals surface area contributed by atoms with Crippen LogP contribution in [0.3, 0.4) is 0 Å². The Bertz CT molecular complexity index is 408. The molecule has 0 aliphatic carbocycles. The van der Waals surface area contributed by atoms with Crippen LogP contribution in [0.15, 0.2) is 18.3 Å². The minimum absolute atomic E-state index is 0.217. The summed E-state index contributed by atoms with van der Waals surface area (Å²) >= 11 is 5.61. The summed E-state index contributed by atoms with van der Waals surface area (Å²) in [5.41, 5.74) is 0.447. The Labute approximate surface area is 109 Å². The number of unbranched alkanes of at least 4 members (excludes halogenated alkanes) is 1. The van der Waals surface area contributed by atoms with Gasteiger partial charge in [0.15, 0.2) is 0 Å². The zero-order valence-corrected chi connectivity index (χ0v) is 10.4.